The Labute approximate surface area is 88.0 Å². The van der Waals surface area contributed by atoms with Gasteiger partial charge in [0.1, 0.15) is 5.60 Å². The molecule has 0 amide bonds. The van der Waals surface area contributed by atoms with Crippen LogP contribution in [-0.2, 0) is 9.53 Å². The Bertz CT molecular complexity index is 191. The lowest BCUT2D eigenvalue weighted by Crippen LogP contribution is -2.35. The van der Waals surface area contributed by atoms with Gasteiger partial charge in [-0.3, -0.25) is 4.79 Å². The second kappa shape index (κ2) is 4.81. The van der Waals surface area contributed by atoms with E-state index in [1.807, 2.05) is 34.6 Å². The molecule has 0 saturated heterocycles. The quantitative estimate of drug-likeness (QED) is 0.649. The predicted octanol–water partition coefficient (Wildman–Crippen LogP) is 3.54. The highest BCUT2D eigenvalue weighted by atomic mass is 16.6. The zero-order valence-corrected chi connectivity index (χ0v) is 10.4. The van der Waals surface area contributed by atoms with E-state index in [2.05, 4.69) is 6.92 Å². The second-order valence-corrected chi connectivity index (χ2v) is 5.17. The molecule has 0 aromatic rings. The van der Waals surface area contributed by atoms with E-state index < -0.39 is 0 Å². The molecule has 1 unspecified atom stereocenters. The summed E-state index contributed by atoms with van der Waals surface area (Å²) in [4.78, 5) is 11.9. The van der Waals surface area contributed by atoms with Crippen LogP contribution in [0.25, 0.3) is 0 Å². The zero-order valence-electron chi connectivity index (χ0n) is 10.4. The summed E-state index contributed by atoms with van der Waals surface area (Å²) in [5.74, 6) is -0.0608. The average molecular weight is 200 g/mol. The van der Waals surface area contributed by atoms with Crippen molar-refractivity contribution in [3.8, 4) is 0 Å². The van der Waals surface area contributed by atoms with Crippen LogP contribution in [0, 0.1) is 5.41 Å². The Balaban J connectivity index is 4.46. The molecule has 14 heavy (non-hydrogen) atoms. The van der Waals surface area contributed by atoms with E-state index in [0.29, 0.717) is 0 Å². The standard InChI is InChI=1S/C12H24O2/c1-7-9-12(6,8-2)10(13)14-11(3,4)5/h7-9H2,1-6H3. The number of carbonyl (C=O) groups is 1. The maximum atomic E-state index is 11.9. The topological polar surface area (TPSA) is 26.3 Å². The molecule has 1 atom stereocenters. The highest BCUT2D eigenvalue weighted by Gasteiger charge is 2.34. The van der Waals surface area contributed by atoms with E-state index in [-0.39, 0.29) is 17.0 Å². The van der Waals surface area contributed by atoms with Gasteiger partial charge in [0.2, 0.25) is 0 Å². The minimum atomic E-state index is -0.374. The van der Waals surface area contributed by atoms with Gasteiger partial charge in [0.15, 0.2) is 0 Å². The van der Waals surface area contributed by atoms with Crippen LogP contribution < -0.4 is 0 Å². The fourth-order valence-electron chi connectivity index (χ4n) is 1.38. The number of ether oxygens (including phenoxy) is 1. The van der Waals surface area contributed by atoms with Crippen molar-refractivity contribution in [2.75, 3.05) is 0 Å². The van der Waals surface area contributed by atoms with Crippen LogP contribution in [0.1, 0.15) is 60.8 Å². The largest absolute Gasteiger partial charge is 0.460 e. The van der Waals surface area contributed by atoms with Crippen LogP contribution in [0.4, 0.5) is 0 Å². The third-order valence-corrected chi connectivity index (χ3v) is 2.47. The highest BCUT2D eigenvalue weighted by Crippen LogP contribution is 2.30. The maximum Gasteiger partial charge on any atom is 0.312 e. The van der Waals surface area contributed by atoms with Gasteiger partial charge in [0.25, 0.3) is 0 Å². The molecule has 2 nitrogen and oxygen atoms in total. The summed E-state index contributed by atoms with van der Waals surface area (Å²) in [5.41, 5.74) is -0.677. The molecule has 84 valence electrons. The van der Waals surface area contributed by atoms with Crippen molar-refractivity contribution in [2.24, 2.45) is 5.41 Å². The van der Waals surface area contributed by atoms with Gasteiger partial charge in [-0.05, 0) is 40.5 Å². The highest BCUT2D eigenvalue weighted by molar-refractivity contribution is 5.76. The Morgan fingerprint density at radius 3 is 1.93 bits per heavy atom. The van der Waals surface area contributed by atoms with Crippen molar-refractivity contribution in [2.45, 2.75) is 66.4 Å². The van der Waals surface area contributed by atoms with Gasteiger partial charge < -0.3 is 4.74 Å². The lowest BCUT2D eigenvalue weighted by atomic mass is 9.83. The number of carbonyl (C=O) groups excluding carboxylic acids is 1. The number of hydrogen-bond acceptors (Lipinski definition) is 2. The molecule has 0 aliphatic heterocycles. The zero-order chi connectivity index (χ0) is 11.4. The minimum Gasteiger partial charge on any atom is -0.460 e. The summed E-state index contributed by atoms with van der Waals surface area (Å²) in [6.45, 7) is 11.9. The first-order chi connectivity index (χ1) is 6.25. The van der Waals surface area contributed by atoms with E-state index >= 15 is 0 Å². The number of rotatable bonds is 4. The predicted molar refractivity (Wildman–Crippen MR) is 59.2 cm³/mol. The SMILES string of the molecule is CCCC(C)(CC)C(=O)OC(C)(C)C. The molecule has 0 aromatic heterocycles. The van der Waals surface area contributed by atoms with E-state index in [0.717, 1.165) is 19.3 Å². The van der Waals surface area contributed by atoms with E-state index in [1.54, 1.807) is 0 Å². The molecule has 0 fully saturated rings. The van der Waals surface area contributed by atoms with Crippen LogP contribution in [0.2, 0.25) is 0 Å². The number of esters is 1. The summed E-state index contributed by atoms with van der Waals surface area (Å²) < 4.78 is 5.41. The third kappa shape index (κ3) is 4.12. The molecule has 0 aliphatic carbocycles. The molecular formula is C12H24O2. The molecule has 2 heteroatoms. The van der Waals surface area contributed by atoms with E-state index in [4.69, 9.17) is 4.74 Å². The molecule has 0 radical (unpaired) electrons. The second-order valence-electron chi connectivity index (χ2n) is 5.17. The molecule has 0 aliphatic rings. The van der Waals surface area contributed by atoms with E-state index in [1.165, 1.54) is 0 Å². The summed E-state index contributed by atoms with van der Waals surface area (Å²) >= 11 is 0. The van der Waals surface area contributed by atoms with Gasteiger partial charge in [-0.15, -0.1) is 0 Å². The molecule has 0 aromatic carbocycles. The van der Waals surface area contributed by atoms with Gasteiger partial charge >= 0.3 is 5.97 Å². The van der Waals surface area contributed by atoms with Crippen LogP contribution in [0.5, 0.6) is 0 Å². The molecule has 0 saturated carbocycles. The van der Waals surface area contributed by atoms with Gasteiger partial charge in [-0.1, -0.05) is 20.3 Å². The fraction of sp³-hybridized carbons (Fsp3) is 0.917. The first kappa shape index (κ1) is 13.5. The van der Waals surface area contributed by atoms with Gasteiger partial charge in [0.05, 0.1) is 5.41 Å². The van der Waals surface area contributed by atoms with Gasteiger partial charge in [-0.25, -0.2) is 0 Å². The summed E-state index contributed by atoms with van der Waals surface area (Å²) in [6.07, 6.45) is 2.76. The van der Waals surface area contributed by atoms with Crippen molar-refractivity contribution >= 4 is 5.97 Å². The monoisotopic (exact) mass is 200 g/mol. The molecule has 0 spiro atoms. The Kier molecular flexibility index (Phi) is 4.63. The Morgan fingerprint density at radius 2 is 1.64 bits per heavy atom. The van der Waals surface area contributed by atoms with Crippen LogP contribution in [0.15, 0.2) is 0 Å². The molecule has 0 N–H and O–H groups in total. The average Bonchev–Trinajstić information content (AvgIpc) is 2.01. The van der Waals surface area contributed by atoms with Gasteiger partial charge in [0, 0.05) is 0 Å². The smallest absolute Gasteiger partial charge is 0.312 e. The molecular weight excluding hydrogens is 176 g/mol. The van der Waals surface area contributed by atoms with Crippen molar-refractivity contribution in [1.82, 2.24) is 0 Å². The maximum absolute atomic E-state index is 11.9. The summed E-state index contributed by atoms with van der Waals surface area (Å²) in [5, 5.41) is 0. The fourth-order valence-corrected chi connectivity index (χ4v) is 1.38. The lowest BCUT2D eigenvalue weighted by molar-refractivity contribution is -0.167. The Hall–Kier alpha value is -0.530. The number of hydrogen-bond donors (Lipinski definition) is 0. The van der Waals surface area contributed by atoms with Crippen LogP contribution >= 0.6 is 0 Å². The van der Waals surface area contributed by atoms with Crippen molar-refractivity contribution in [1.29, 1.82) is 0 Å². The van der Waals surface area contributed by atoms with E-state index in [9.17, 15) is 4.79 Å². The lowest BCUT2D eigenvalue weighted by Gasteiger charge is -2.30. The summed E-state index contributed by atoms with van der Waals surface area (Å²) in [6, 6.07) is 0. The van der Waals surface area contributed by atoms with Crippen LogP contribution in [0.3, 0.4) is 0 Å². The first-order valence-electron chi connectivity index (χ1n) is 5.48. The van der Waals surface area contributed by atoms with Crippen molar-refractivity contribution < 1.29 is 9.53 Å². The third-order valence-electron chi connectivity index (χ3n) is 2.47. The molecule has 0 bridgehead atoms. The first-order valence-corrected chi connectivity index (χ1v) is 5.48. The molecule has 0 rings (SSSR count). The van der Waals surface area contributed by atoms with Crippen molar-refractivity contribution in [3.05, 3.63) is 0 Å². The normalized spacial score (nSPS) is 16.1. The molecule has 0 heterocycles. The Morgan fingerprint density at radius 1 is 1.14 bits per heavy atom. The van der Waals surface area contributed by atoms with Gasteiger partial charge in [-0.2, -0.15) is 0 Å². The minimum absolute atomic E-state index is 0.0608. The van der Waals surface area contributed by atoms with Crippen LogP contribution in [-0.4, -0.2) is 11.6 Å². The van der Waals surface area contributed by atoms with Crippen molar-refractivity contribution in [3.63, 3.8) is 0 Å². The summed E-state index contributed by atoms with van der Waals surface area (Å²) in [7, 11) is 0.